The van der Waals surface area contributed by atoms with Crippen LogP contribution in [0.25, 0.3) is 21.8 Å². The van der Waals surface area contributed by atoms with E-state index < -0.39 is 26.9 Å². The standard InChI is InChI=1S/C34H35ClN2O4S/c1-33(2,3)42(40)31-27-18-26(41-21-25-15-12-23-8-6-7-9-28(23)36-25)16-17-29(27)37(20-22-10-13-24(35)14-11-22)30(31)19-34(4,5)32(38)39/h6-18H,19-21H2,1-5H3,(H,38,39). The van der Waals surface area contributed by atoms with E-state index in [9.17, 15) is 14.1 Å². The molecule has 2 heterocycles. The van der Waals surface area contributed by atoms with E-state index in [1.165, 1.54) is 0 Å². The summed E-state index contributed by atoms with van der Waals surface area (Å²) in [6, 6.07) is 25.3. The molecule has 6 nitrogen and oxygen atoms in total. The number of fused-ring (bicyclic) bond motifs is 2. The van der Waals surface area contributed by atoms with Gasteiger partial charge < -0.3 is 14.4 Å². The maximum Gasteiger partial charge on any atom is 0.309 e. The van der Waals surface area contributed by atoms with Gasteiger partial charge in [0.15, 0.2) is 0 Å². The van der Waals surface area contributed by atoms with Crippen molar-refractivity contribution in [2.45, 2.75) is 63.8 Å². The number of para-hydroxylation sites is 1. The van der Waals surface area contributed by atoms with Gasteiger partial charge in [0.25, 0.3) is 0 Å². The summed E-state index contributed by atoms with van der Waals surface area (Å²) in [4.78, 5) is 17.6. The third-order valence-electron chi connectivity index (χ3n) is 7.32. The SMILES string of the molecule is CC(C)(Cc1c(S(=O)C(C)(C)C)c2cc(OCc3ccc4ccccc4n3)ccc2n1Cc1ccc(Cl)cc1)C(=O)O. The van der Waals surface area contributed by atoms with E-state index in [0.29, 0.717) is 22.2 Å². The minimum Gasteiger partial charge on any atom is -0.487 e. The van der Waals surface area contributed by atoms with Gasteiger partial charge in [-0.1, -0.05) is 48.0 Å². The first-order valence-electron chi connectivity index (χ1n) is 13.9. The molecule has 0 radical (unpaired) electrons. The fraction of sp³-hybridized carbons (Fsp3) is 0.294. The van der Waals surface area contributed by atoms with E-state index >= 15 is 0 Å². The lowest BCUT2D eigenvalue weighted by atomic mass is 9.88. The number of carboxylic acid groups (broad SMARTS) is 1. The highest BCUT2D eigenvalue weighted by Crippen LogP contribution is 2.39. The van der Waals surface area contributed by atoms with Crippen LogP contribution >= 0.6 is 11.6 Å². The van der Waals surface area contributed by atoms with Crippen molar-refractivity contribution in [3.05, 3.63) is 101 Å². The van der Waals surface area contributed by atoms with Crippen molar-refractivity contribution >= 4 is 50.2 Å². The molecular weight excluding hydrogens is 568 g/mol. The lowest BCUT2D eigenvalue weighted by molar-refractivity contribution is -0.146. The molecular formula is C34H35ClN2O4S. The van der Waals surface area contributed by atoms with E-state index in [-0.39, 0.29) is 13.0 Å². The zero-order chi connectivity index (χ0) is 30.2. The Labute approximate surface area is 253 Å². The molecule has 218 valence electrons. The van der Waals surface area contributed by atoms with Gasteiger partial charge in [-0.2, -0.15) is 0 Å². The van der Waals surface area contributed by atoms with Gasteiger partial charge in [-0.05, 0) is 82.6 Å². The highest BCUT2D eigenvalue weighted by atomic mass is 35.5. The highest BCUT2D eigenvalue weighted by Gasteiger charge is 2.35. The van der Waals surface area contributed by atoms with Crippen LogP contribution < -0.4 is 4.74 Å². The minimum atomic E-state index is -1.44. The molecule has 0 bridgehead atoms. The summed E-state index contributed by atoms with van der Waals surface area (Å²) in [6.07, 6.45) is 0.207. The van der Waals surface area contributed by atoms with Crippen molar-refractivity contribution in [3.63, 3.8) is 0 Å². The van der Waals surface area contributed by atoms with E-state index in [1.807, 2.05) is 99.6 Å². The summed E-state index contributed by atoms with van der Waals surface area (Å²) in [7, 11) is -1.44. The number of aliphatic carboxylic acids is 1. The molecule has 0 saturated heterocycles. The van der Waals surface area contributed by atoms with Gasteiger partial charge >= 0.3 is 5.97 Å². The molecule has 0 fully saturated rings. The summed E-state index contributed by atoms with van der Waals surface area (Å²) in [6.45, 7) is 9.96. The Morgan fingerprint density at radius 3 is 2.38 bits per heavy atom. The maximum absolute atomic E-state index is 14.2. The number of carboxylic acids is 1. The number of ether oxygens (including phenoxy) is 1. The Balaban J connectivity index is 1.63. The predicted molar refractivity (Wildman–Crippen MR) is 170 cm³/mol. The van der Waals surface area contributed by atoms with E-state index in [1.54, 1.807) is 13.8 Å². The second-order valence-electron chi connectivity index (χ2n) is 12.2. The Morgan fingerprint density at radius 2 is 1.69 bits per heavy atom. The van der Waals surface area contributed by atoms with Crippen LogP contribution in [0, 0.1) is 5.41 Å². The Hall–Kier alpha value is -3.68. The summed E-state index contributed by atoms with van der Waals surface area (Å²) >= 11 is 6.15. The average Bonchev–Trinajstić information content (AvgIpc) is 3.23. The van der Waals surface area contributed by atoms with Crippen LogP contribution in [-0.2, 0) is 35.2 Å². The predicted octanol–water partition coefficient (Wildman–Crippen LogP) is 8.03. The molecule has 8 heteroatoms. The number of rotatable bonds is 9. The Morgan fingerprint density at radius 1 is 0.976 bits per heavy atom. The third kappa shape index (κ3) is 6.22. The van der Waals surface area contributed by atoms with Crippen LogP contribution in [0.1, 0.15) is 51.6 Å². The molecule has 0 spiro atoms. The van der Waals surface area contributed by atoms with Gasteiger partial charge in [-0.25, -0.2) is 4.98 Å². The zero-order valence-corrected chi connectivity index (χ0v) is 26.1. The topological polar surface area (TPSA) is 81.4 Å². The Kier molecular flexibility index (Phi) is 8.19. The molecule has 42 heavy (non-hydrogen) atoms. The maximum atomic E-state index is 14.2. The fourth-order valence-electron chi connectivity index (χ4n) is 4.93. The van der Waals surface area contributed by atoms with Crippen molar-refractivity contribution in [1.82, 2.24) is 9.55 Å². The monoisotopic (exact) mass is 602 g/mol. The first-order valence-corrected chi connectivity index (χ1v) is 15.4. The minimum absolute atomic E-state index is 0.207. The lowest BCUT2D eigenvalue weighted by Crippen LogP contribution is -2.29. The van der Waals surface area contributed by atoms with Crippen molar-refractivity contribution in [2.75, 3.05) is 0 Å². The number of nitrogens with zero attached hydrogens (tertiary/aromatic N) is 2. The largest absolute Gasteiger partial charge is 0.487 e. The van der Waals surface area contributed by atoms with Gasteiger partial charge in [0.05, 0.1) is 37.8 Å². The quantitative estimate of drug-likeness (QED) is 0.185. The lowest BCUT2D eigenvalue weighted by Gasteiger charge is -2.24. The number of carbonyl (C=O) groups is 1. The summed E-state index contributed by atoms with van der Waals surface area (Å²) < 4.78 is 21.9. The molecule has 2 aromatic heterocycles. The van der Waals surface area contributed by atoms with E-state index in [0.717, 1.165) is 38.8 Å². The van der Waals surface area contributed by atoms with Gasteiger partial charge in [0.1, 0.15) is 12.4 Å². The number of aromatic nitrogens is 2. The van der Waals surface area contributed by atoms with Gasteiger partial charge in [0.2, 0.25) is 0 Å². The molecule has 0 saturated carbocycles. The number of pyridine rings is 1. The highest BCUT2D eigenvalue weighted by molar-refractivity contribution is 7.86. The summed E-state index contributed by atoms with van der Waals surface area (Å²) in [5.41, 5.74) is 3.24. The van der Waals surface area contributed by atoms with Crippen molar-refractivity contribution < 1.29 is 18.8 Å². The summed E-state index contributed by atoms with van der Waals surface area (Å²) in [5, 5.41) is 12.5. The van der Waals surface area contributed by atoms with Crippen LogP contribution in [0.15, 0.2) is 83.8 Å². The number of hydrogen-bond acceptors (Lipinski definition) is 4. The zero-order valence-electron chi connectivity index (χ0n) is 24.5. The normalized spacial score (nSPS) is 13.0. The molecule has 0 amide bonds. The molecule has 5 rings (SSSR count). The molecule has 0 aliphatic heterocycles. The number of hydrogen-bond donors (Lipinski definition) is 1. The first kappa shape index (κ1) is 29.8. The van der Waals surface area contributed by atoms with E-state index in [4.69, 9.17) is 21.3 Å². The molecule has 1 unspecified atom stereocenters. The van der Waals surface area contributed by atoms with Crippen molar-refractivity contribution in [1.29, 1.82) is 0 Å². The van der Waals surface area contributed by atoms with E-state index in [2.05, 4.69) is 4.57 Å². The number of benzene rings is 3. The molecule has 3 aromatic carbocycles. The van der Waals surface area contributed by atoms with Crippen LogP contribution in [0.2, 0.25) is 5.02 Å². The Bertz CT molecular complexity index is 1800. The summed E-state index contributed by atoms with van der Waals surface area (Å²) in [5.74, 6) is -0.289. The van der Waals surface area contributed by atoms with Gasteiger partial charge in [-0.15, -0.1) is 0 Å². The molecule has 1 atom stereocenters. The average molecular weight is 603 g/mol. The van der Waals surface area contributed by atoms with Crippen LogP contribution in [-0.4, -0.2) is 29.6 Å². The molecule has 0 aliphatic carbocycles. The second-order valence-corrected chi connectivity index (χ2v) is 14.8. The van der Waals surface area contributed by atoms with Gasteiger partial charge in [-0.3, -0.25) is 9.00 Å². The van der Waals surface area contributed by atoms with Crippen LogP contribution in [0.4, 0.5) is 0 Å². The van der Waals surface area contributed by atoms with Crippen molar-refractivity contribution in [3.8, 4) is 5.75 Å². The smallest absolute Gasteiger partial charge is 0.309 e. The third-order valence-corrected chi connectivity index (χ3v) is 9.51. The second kappa shape index (κ2) is 11.5. The molecule has 0 aliphatic rings. The van der Waals surface area contributed by atoms with Crippen LogP contribution in [0.3, 0.4) is 0 Å². The van der Waals surface area contributed by atoms with Crippen molar-refractivity contribution in [2.24, 2.45) is 5.41 Å². The molecule has 5 aromatic rings. The number of halogens is 1. The molecule has 1 N–H and O–H groups in total. The fourth-order valence-corrected chi connectivity index (χ4v) is 6.43. The first-order chi connectivity index (χ1) is 19.8. The van der Waals surface area contributed by atoms with Crippen LogP contribution in [0.5, 0.6) is 5.75 Å². The van der Waals surface area contributed by atoms with Gasteiger partial charge in [0, 0.05) is 39.2 Å².